The molecule has 268 valence electrons. The van der Waals surface area contributed by atoms with E-state index in [2.05, 4.69) is 31.0 Å². The summed E-state index contributed by atoms with van der Waals surface area (Å²) in [6, 6.07) is 8.89. The molecule has 0 spiro atoms. The molecular formula is C32H30Cl2F6N6O4. The Morgan fingerprint density at radius 2 is 0.960 bits per heavy atom. The van der Waals surface area contributed by atoms with E-state index in [1.54, 1.807) is 13.8 Å². The number of nitrogens with zero attached hydrogens (tertiary/aromatic N) is 4. The lowest BCUT2D eigenvalue weighted by Gasteiger charge is -2.41. The Morgan fingerprint density at radius 1 is 0.620 bits per heavy atom. The highest BCUT2D eigenvalue weighted by atomic mass is 35.5. The number of nitrogens with one attached hydrogen (secondary N) is 2. The van der Waals surface area contributed by atoms with E-state index in [4.69, 9.17) is 23.2 Å². The second kappa shape index (κ2) is 13.5. The maximum absolute atomic E-state index is 13.4. The van der Waals surface area contributed by atoms with Crippen LogP contribution in [0.5, 0.6) is 11.5 Å². The van der Waals surface area contributed by atoms with Crippen molar-refractivity contribution in [2.24, 2.45) is 0 Å². The highest BCUT2D eigenvalue weighted by molar-refractivity contribution is 6.31. The summed E-state index contributed by atoms with van der Waals surface area (Å²) in [5, 5.41) is 60.1. The number of aliphatic hydroxyl groups is 2. The minimum Gasteiger partial charge on any atom is -0.507 e. The molecular weight excluding hydrogens is 717 g/mol. The Balaban J connectivity index is 0.000000194. The van der Waals surface area contributed by atoms with Gasteiger partial charge in [0.15, 0.2) is 0 Å². The van der Waals surface area contributed by atoms with Crippen LogP contribution in [0.3, 0.4) is 0 Å². The van der Waals surface area contributed by atoms with Crippen LogP contribution in [-0.4, -0.2) is 64.1 Å². The SMILES string of the molecule is CC1(O)CC(Nc2cc(C(F)(F)F)c(-c3ccc(Cl)cc3O)nn2)C1.CC1(O)CC(Nc2cc(C(F)(F)F)c(-c3ccc(Cl)cc3O)nn2)C1. The predicted molar refractivity (Wildman–Crippen MR) is 173 cm³/mol. The van der Waals surface area contributed by atoms with Gasteiger partial charge in [-0.3, -0.25) is 0 Å². The number of hydrogen-bond acceptors (Lipinski definition) is 10. The standard InChI is InChI=1S/2C16H15ClF3N3O2/c2*1-15(25)6-9(7-15)21-13-5-11(16(18,19)20)14(23-22-13)10-3-2-8(17)4-12(10)24/h2*2-5,9,24-25H,6-7H2,1H3,(H,21,22). The first-order valence-corrected chi connectivity index (χ1v) is 15.7. The third kappa shape index (κ3) is 8.78. The van der Waals surface area contributed by atoms with E-state index < -0.39 is 57.6 Å². The van der Waals surface area contributed by atoms with E-state index in [1.165, 1.54) is 24.3 Å². The van der Waals surface area contributed by atoms with Gasteiger partial charge in [0.1, 0.15) is 34.5 Å². The molecule has 0 saturated heterocycles. The van der Waals surface area contributed by atoms with Crippen molar-refractivity contribution in [2.45, 2.75) is 75.2 Å². The molecule has 18 heteroatoms. The number of rotatable bonds is 6. The van der Waals surface area contributed by atoms with Gasteiger partial charge in [-0.15, -0.1) is 20.4 Å². The third-order valence-electron chi connectivity index (χ3n) is 8.08. The molecule has 0 atom stereocenters. The van der Waals surface area contributed by atoms with Gasteiger partial charge >= 0.3 is 12.4 Å². The maximum Gasteiger partial charge on any atom is 0.418 e. The molecule has 0 bridgehead atoms. The van der Waals surface area contributed by atoms with Gasteiger partial charge in [0, 0.05) is 33.3 Å². The largest absolute Gasteiger partial charge is 0.507 e. The summed E-state index contributed by atoms with van der Waals surface area (Å²) in [6.45, 7) is 3.31. The fourth-order valence-electron chi connectivity index (χ4n) is 5.79. The lowest BCUT2D eigenvalue weighted by atomic mass is 9.77. The summed E-state index contributed by atoms with van der Waals surface area (Å²) in [7, 11) is 0. The van der Waals surface area contributed by atoms with E-state index in [9.17, 15) is 46.8 Å². The minimum absolute atomic E-state index is 0.0370. The summed E-state index contributed by atoms with van der Waals surface area (Å²) in [6.07, 6.45) is -7.71. The number of alkyl halides is 6. The number of anilines is 2. The molecule has 2 aliphatic rings. The van der Waals surface area contributed by atoms with Crippen molar-refractivity contribution in [3.8, 4) is 34.0 Å². The molecule has 0 radical (unpaired) electrons. The molecule has 0 aliphatic heterocycles. The summed E-state index contributed by atoms with van der Waals surface area (Å²) >= 11 is 11.4. The fourth-order valence-corrected chi connectivity index (χ4v) is 6.12. The van der Waals surface area contributed by atoms with Gasteiger partial charge in [-0.05, 0) is 88.1 Å². The molecule has 50 heavy (non-hydrogen) atoms. The molecule has 4 aromatic rings. The fraction of sp³-hybridized carbons (Fsp3) is 0.375. The van der Waals surface area contributed by atoms with Gasteiger partial charge in [-0.1, -0.05) is 23.2 Å². The van der Waals surface area contributed by atoms with Gasteiger partial charge < -0.3 is 31.1 Å². The zero-order valence-electron chi connectivity index (χ0n) is 26.2. The highest BCUT2D eigenvalue weighted by Gasteiger charge is 2.41. The van der Waals surface area contributed by atoms with Crippen molar-refractivity contribution in [3.05, 3.63) is 69.7 Å². The molecule has 0 amide bonds. The average Bonchev–Trinajstić information content (AvgIpc) is 2.95. The molecule has 10 nitrogen and oxygen atoms in total. The van der Waals surface area contributed by atoms with Crippen LogP contribution in [-0.2, 0) is 12.4 Å². The van der Waals surface area contributed by atoms with Crippen molar-refractivity contribution in [3.63, 3.8) is 0 Å². The van der Waals surface area contributed by atoms with E-state index in [0.717, 1.165) is 24.3 Å². The minimum atomic E-state index is -4.68. The van der Waals surface area contributed by atoms with Crippen LogP contribution in [0.25, 0.3) is 22.5 Å². The normalized spacial score (nSPS) is 23.2. The van der Waals surface area contributed by atoms with E-state index >= 15 is 0 Å². The lowest BCUT2D eigenvalue weighted by Crippen LogP contribution is -2.48. The van der Waals surface area contributed by atoms with Crippen LogP contribution in [0.4, 0.5) is 38.0 Å². The smallest absolute Gasteiger partial charge is 0.418 e. The Kier molecular flexibility index (Phi) is 10.1. The van der Waals surface area contributed by atoms with Crippen molar-refractivity contribution < 1.29 is 46.8 Å². The van der Waals surface area contributed by atoms with Crippen molar-refractivity contribution in [1.82, 2.24) is 20.4 Å². The molecule has 2 aliphatic carbocycles. The predicted octanol–water partition coefficient (Wildman–Crippen LogP) is 7.69. The molecule has 2 saturated carbocycles. The second-order valence-corrected chi connectivity index (χ2v) is 13.7. The second-order valence-electron chi connectivity index (χ2n) is 12.8. The van der Waals surface area contributed by atoms with E-state index in [-0.39, 0.29) is 44.9 Å². The molecule has 2 aromatic carbocycles. The van der Waals surface area contributed by atoms with Gasteiger partial charge in [0.05, 0.1) is 22.3 Å². The zero-order chi connectivity index (χ0) is 36.8. The number of halogens is 8. The average molecular weight is 748 g/mol. The summed E-state index contributed by atoms with van der Waals surface area (Å²) < 4.78 is 80.6. The van der Waals surface area contributed by atoms with Gasteiger partial charge in [-0.25, -0.2) is 0 Å². The summed E-state index contributed by atoms with van der Waals surface area (Å²) in [5.41, 5.74) is -4.84. The Morgan fingerprint density at radius 3 is 1.24 bits per heavy atom. The van der Waals surface area contributed by atoms with Crippen molar-refractivity contribution in [1.29, 1.82) is 0 Å². The lowest BCUT2D eigenvalue weighted by molar-refractivity contribution is -0.138. The molecule has 2 heterocycles. The molecule has 6 rings (SSSR count). The summed E-state index contributed by atoms with van der Waals surface area (Å²) in [4.78, 5) is 0. The van der Waals surface area contributed by atoms with Crippen LogP contribution in [0.1, 0.15) is 50.7 Å². The zero-order valence-corrected chi connectivity index (χ0v) is 27.7. The highest BCUT2D eigenvalue weighted by Crippen LogP contribution is 2.43. The number of aromatic nitrogens is 4. The number of benzene rings is 2. The number of aromatic hydroxyl groups is 2. The van der Waals surface area contributed by atoms with Gasteiger partial charge in [0.25, 0.3) is 0 Å². The van der Waals surface area contributed by atoms with Crippen LogP contribution < -0.4 is 10.6 Å². The van der Waals surface area contributed by atoms with Crippen molar-refractivity contribution >= 4 is 34.8 Å². The Hall–Kier alpha value is -4.12. The quantitative estimate of drug-likeness (QED) is 0.108. The number of phenols is 2. The van der Waals surface area contributed by atoms with E-state index in [1.807, 2.05) is 0 Å². The van der Waals surface area contributed by atoms with Crippen LogP contribution in [0.15, 0.2) is 48.5 Å². The molecule has 0 unspecified atom stereocenters. The van der Waals surface area contributed by atoms with Gasteiger partial charge in [-0.2, -0.15) is 26.3 Å². The van der Waals surface area contributed by atoms with Crippen LogP contribution in [0.2, 0.25) is 10.0 Å². The van der Waals surface area contributed by atoms with E-state index in [0.29, 0.717) is 25.7 Å². The Bertz CT molecular complexity index is 1740. The maximum atomic E-state index is 13.4. The first-order valence-electron chi connectivity index (χ1n) is 15.0. The molecule has 2 aromatic heterocycles. The summed E-state index contributed by atoms with van der Waals surface area (Å²) in [5.74, 6) is -0.902. The third-order valence-corrected chi connectivity index (χ3v) is 8.55. The molecule has 2 fully saturated rings. The van der Waals surface area contributed by atoms with Crippen molar-refractivity contribution in [2.75, 3.05) is 10.6 Å². The first-order chi connectivity index (χ1) is 23.1. The first kappa shape index (κ1) is 37.1. The Labute approximate surface area is 291 Å². The topological polar surface area (TPSA) is 157 Å². The molecule has 6 N–H and O–H groups in total. The monoisotopic (exact) mass is 746 g/mol. The van der Waals surface area contributed by atoms with Crippen LogP contribution in [0, 0.1) is 0 Å². The number of hydrogen-bond donors (Lipinski definition) is 6. The number of phenolic OH excluding ortho intramolecular Hbond substituents is 2. The van der Waals surface area contributed by atoms with Gasteiger partial charge in [0.2, 0.25) is 0 Å². The van der Waals surface area contributed by atoms with Crippen LogP contribution >= 0.6 is 23.2 Å².